The van der Waals surface area contributed by atoms with Gasteiger partial charge in [-0.15, -0.1) is 11.3 Å². The summed E-state index contributed by atoms with van der Waals surface area (Å²) < 4.78 is 0. The second kappa shape index (κ2) is 10.2. The largest absolute Gasteiger partial charge is 0.322 e. The van der Waals surface area contributed by atoms with Crippen molar-refractivity contribution in [1.29, 1.82) is 0 Å². The second-order valence-electron chi connectivity index (χ2n) is 8.05. The van der Waals surface area contributed by atoms with Crippen LogP contribution in [0, 0.1) is 0 Å². The highest BCUT2D eigenvalue weighted by atomic mass is 32.1. The molecule has 162 valence electrons. The van der Waals surface area contributed by atoms with Crippen LogP contribution in [0.2, 0.25) is 0 Å². The first-order valence-electron chi connectivity index (χ1n) is 10.8. The summed E-state index contributed by atoms with van der Waals surface area (Å²) in [5.41, 5.74) is 5.39. The Balaban J connectivity index is 1.46. The third-order valence-electron chi connectivity index (χ3n) is 5.27. The van der Waals surface area contributed by atoms with Crippen molar-refractivity contribution >= 4 is 23.1 Å². The molecule has 4 nitrogen and oxygen atoms in total. The van der Waals surface area contributed by atoms with Gasteiger partial charge in [0.05, 0.1) is 0 Å². The van der Waals surface area contributed by atoms with Crippen molar-refractivity contribution in [3.63, 3.8) is 0 Å². The molecule has 4 rings (SSSR count). The number of hydrogen-bond donors (Lipinski definition) is 1. The van der Waals surface area contributed by atoms with Crippen LogP contribution in [0.4, 0.5) is 10.5 Å². The van der Waals surface area contributed by atoms with Gasteiger partial charge in [0.25, 0.3) is 0 Å². The minimum Gasteiger partial charge on any atom is -0.318 e. The summed E-state index contributed by atoms with van der Waals surface area (Å²) in [5, 5.41) is 6.05. The first-order valence-corrected chi connectivity index (χ1v) is 11.7. The van der Waals surface area contributed by atoms with Gasteiger partial charge in [0, 0.05) is 35.4 Å². The summed E-state index contributed by atoms with van der Waals surface area (Å²) in [7, 11) is 0. The van der Waals surface area contributed by atoms with Gasteiger partial charge in [0.2, 0.25) is 0 Å². The second-order valence-corrected chi connectivity index (χ2v) is 8.95. The molecule has 0 spiro atoms. The quantitative estimate of drug-likeness (QED) is 0.341. The number of aromatic nitrogens is 1. The van der Waals surface area contributed by atoms with Crippen molar-refractivity contribution in [3.05, 3.63) is 107 Å². The van der Waals surface area contributed by atoms with Gasteiger partial charge >= 0.3 is 6.03 Å². The van der Waals surface area contributed by atoms with Gasteiger partial charge in [-0.25, -0.2) is 9.78 Å². The van der Waals surface area contributed by atoms with Crippen LogP contribution < -0.4 is 5.32 Å². The summed E-state index contributed by atoms with van der Waals surface area (Å²) in [6.45, 7) is 4.61. The zero-order valence-corrected chi connectivity index (χ0v) is 19.2. The zero-order chi connectivity index (χ0) is 22.3. The first-order chi connectivity index (χ1) is 15.6. The summed E-state index contributed by atoms with van der Waals surface area (Å²) in [5.74, 6) is 0. The molecule has 0 saturated carbocycles. The predicted molar refractivity (Wildman–Crippen MR) is 133 cm³/mol. The van der Waals surface area contributed by atoms with Crippen LogP contribution >= 0.6 is 11.3 Å². The van der Waals surface area contributed by atoms with Gasteiger partial charge in [-0.2, -0.15) is 0 Å². The van der Waals surface area contributed by atoms with Gasteiger partial charge in [-0.3, -0.25) is 0 Å². The maximum Gasteiger partial charge on any atom is 0.322 e. The number of nitrogens with zero attached hydrogens (tertiary/aromatic N) is 2. The van der Waals surface area contributed by atoms with Crippen LogP contribution in [0.3, 0.4) is 0 Å². The molecule has 0 aliphatic heterocycles. The van der Waals surface area contributed by atoms with E-state index in [-0.39, 0.29) is 12.1 Å². The fourth-order valence-electron chi connectivity index (χ4n) is 3.64. The third-order valence-corrected chi connectivity index (χ3v) is 6.09. The number of thiazole rings is 1. The van der Waals surface area contributed by atoms with Crippen LogP contribution in [0.15, 0.2) is 90.4 Å². The molecule has 0 unspecified atom stereocenters. The van der Waals surface area contributed by atoms with Gasteiger partial charge in [-0.1, -0.05) is 60.7 Å². The lowest BCUT2D eigenvalue weighted by Crippen LogP contribution is -2.39. The summed E-state index contributed by atoms with van der Waals surface area (Å²) in [4.78, 5) is 19.4. The minimum atomic E-state index is -0.100. The Morgan fingerprint density at radius 1 is 0.938 bits per heavy atom. The molecule has 3 aromatic carbocycles. The van der Waals surface area contributed by atoms with Crippen molar-refractivity contribution in [3.8, 4) is 10.6 Å². The van der Waals surface area contributed by atoms with E-state index in [1.807, 2.05) is 72.8 Å². The molecule has 0 aliphatic carbocycles. The highest BCUT2D eigenvalue weighted by Crippen LogP contribution is 2.24. The summed E-state index contributed by atoms with van der Waals surface area (Å²) in [6, 6.07) is 26.6. The normalized spacial score (nSPS) is 10.8. The maximum absolute atomic E-state index is 13.1. The van der Waals surface area contributed by atoms with Gasteiger partial charge in [-0.05, 0) is 55.2 Å². The molecule has 32 heavy (non-hydrogen) atoms. The monoisotopic (exact) mass is 441 g/mol. The number of anilines is 1. The number of urea groups is 1. The van der Waals surface area contributed by atoms with Crippen LogP contribution in [-0.4, -0.2) is 22.0 Å². The minimum absolute atomic E-state index is 0.0611. The zero-order valence-electron chi connectivity index (χ0n) is 18.4. The summed E-state index contributed by atoms with van der Waals surface area (Å²) >= 11 is 1.62. The van der Waals surface area contributed by atoms with E-state index in [0.29, 0.717) is 6.54 Å². The third kappa shape index (κ3) is 5.62. The molecule has 0 atom stereocenters. The number of hydrogen-bond acceptors (Lipinski definition) is 3. The Hall–Kier alpha value is -3.44. The van der Waals surface area contributed by atoms with E-state index < -0.39 is 0 Å². The van der Waals surface area contributed by atoms with Crippen LogP contribution in [-0.2, 0) is 13.0 Å². The van der Waals surface area contributed by atoms with Crippen molar-refractivity contribution in [2.75, 3.05) is 5.32 Å². The van der Waals surface area contributed by atoms with Crippen molar-refractivity contribution in [1.82, 2.24) is 9.88 Å². The van der Waals surface area contributed by atoms with Crippen LogP contribution in [0.25, 0.3) is 10.6 Å². The number of benzene rings is 3. The van der Waals surface area contributed by atoms with Crippen molar-refractivity contribution in [2.45, 2.75) is 32.9 Å². The molecule has 1 aromatic heterocycles. The average molecular weight is 442 g/mol. The van der Waals surface area contributed by atoms with E-state index in [1.165, 1.54) is 11.1 Å². The Labute approximate surface area is 193 Å². The number of carbonyl (C=O) groups excluding carboxylic acids is 1. The lowest BCUT2D eigenvalue weighted by Gasteiger charge is -2.27. The molecule has 5 heteroatoms. The molecule has 0 radical (unpaired) electrons. The fraction of sp³-hybridized carbons (Fsp3) is 0.185. The van der Waals surface area contributed by atoms with E-state index in [4.69, 9.17) is 0 Å². The van der Waals surface area contributed by atoms with Crippen molar-refractivity contribution in [2.24, 2.45) is 0 Å². The molecule has 0 fully saturated rings. The molecule has 0 aliphatic rings. The number of rotatable bonds is 7. The smallest absolute Gasteiger partial charge is 0.318 e. The lowest BCUT2D eigenvalue weighted by atomic mass is 10.0. The van der Waals surface area contributed by atoms with E-state index in [9.17, 15) is 4.79 Å². The molecule has 2 amide bonds. The maximum atomic E-state index is 13.1. The van der Waals surface area contributed by atoms with Gasteiger partial charge < -0.3 is 10.2 Å². The van der Waals surface area contributed by atoms with E-state index in [2.05, 4.69) is 46.7 Å². The Morgan fingerprint density at radius 2 is 1.69 bits per heavy atom. The Morgan fingerprint density at radius 3 is 2.44 bits per heavy atom. The highest BCUT2D eigenvalue weighted by Gasteiger charge is 2.18. The van der Waals surface area contributed by atoms with Gasteiger partial charge in [0.1, 0.15) is 5.01 Å². The van der Waals surface area contributed by atoms with E-state index in [1.54, 1.807) is 11.3 Å². The number of nitrogens with one attached hydrogen (secondary N) is 1. The van der Waals surface area contributed by atoms with Gasteiger partial charge in [0.15, 0.2) is 0 Å². The molecule has 4 aromatic rings. The Kier molecular flexibility index (Phi) is 6.97. The molecule has 0 saturated heterocycles. The fourth-order valence-corrected chi connectivity index (χ4v) is 4.28. The Bertz CT molecular complexity index is 1160. The van der Waals surface area contributed by atoms with Crippen molar-refractivity contribution < 1.29 is 4.79 Å². The SMILES string of the molecule is CC(C)N(Cc1cccc(-c2nccs2)c1)C(=O)Nc1cccc(Cc2ccccc2)c1. The molecular weight excluding hydrogens is 414 g/mol. The molecule has 0 bridgehead atoms. The average Bonchev–Trinajstić information content (AvgIpc) is 3.33. The molecule has 1 N–H and O–H groups in total. The van der Waals surface area contributed by atoms with E-state index in [0.717, 1.165) is 28.2 Å². The molecule has 1 heterocycles. The predicted octanol–water partition coefficient (Wildman–Crippen LogP) is 6.84. The standard InChI is InChI=1S/C27H27N3OS/c1-20(2)30(19-23-11-6-12-24(17-23)26-28-14-15-32-26)27(31)29-25-13-7-10-22(18-25)16-21-8-4-3-5-9-21/h3-15,17-18,20H,16,19H2,1-2H3,(H,29,31). The van der Waals surface area contributed by atoms with Crippen LogP contribution in [0.1, 0.15) is 30.5 Å². The number of amides is 2. The van der Waals surface area contributed by atoms with E-state index >= 15 is 0 Å². The highest BCUT2D eigenvalue weighted by molar-refractivity contribution is 7.13. The van der Waals surface area contributed by atoms with Crippen LogP contribution in [0.5, 0.6) is 0 Å². The lowest BCUT2D eigenvalue weighted by molar-refractivity contribution is 0.193. The topological polar surface area (TPSA) is 45.2 Å². The number of carbonyl (C=O) groups is 1. The first kappa shape index (κ1) is 21.8. The summed E-state index contributed by atoms with van der Waals surface area (Å²) in [6.07, 6.45) is 2.65. The molecular formula is C27H27N3OS.